The quantitative estimate of drug-likeness (QED) is 0.555. The van der Waals surface area contributed by atoms with Crippen molar-refractivity contribution in [2.75, 3.05) is 19.7 Å². The lowest BCUT2D eigenvalue weighted by molar-refractivity contribution is -0.0542. The van der Waals surface area contributed by atoms with Gasteiger partial charge in [-0.05, 0) is 48.9 Å². The number of hydrogen-bond donors (Lipinski definition) is 0. The van der Waals surface area contributed by atoms with Gasteiger partial charge < -0.3 is 4.74 Å². The third-order valence-corrected chi connectivity index (χ3v) is 5.55. The third kappa shape index (κ3) is 2.37. The van der Waals surface area contributed by atoms with E-state index in [1.165, 1.54) is 19.4 Å². The van der Waals surface area contributed by atoms with Gasteiger partial charge in [0.1, 0.15) is 11.3 Å². The molecule has 0 radical (unpaired) electrons. The van der Waals surface area contributed by atoms with E-state index >= 15 is 0 Å². The number of morpholine rings is 1. The topological polar surface area (TPSA) is 38.2 Å². The Balaban J connectivity index is 1.83. The molecule has 0 spiro atoms. The van der Waals surface area contributed by atoms with Crippen molar-refractivity contribution >= 4 is 34.2 Å². The summed E-state index contributed by atoms with van der Waals surface area (Å²) < 4.78 is 6.82. The molecule has 2 unspecified atom stereocenters. The highest BCUT2D eigenvalue weighted by atomic mass is 127. The molecule has 0 aliphatic carbocycles. The van der Waals surface area contributed by atoms with Gasteiger partial charge in [-0.3, -0.25) is 4.90 Å². The molecule has 2 aliphatic rings. The summed E-state index contributed by atoms with van der Waals surface area (Å²) in [4.78, 5) is 11.4. The molecule has 0 saturated carbocycles. The minimum absolute atomic E-state index is 0.0347. The van der Waals surface area contributed by atoms with Gasteiger partial charge in [-0.1, -0.05) is 11.6 Å². The predicted octanol–water partition coefficient (Wildman–Crippen LogP) is 2.58. The second-order valence-electron chi connectivity index (χ2n) is 4.88. The first-order chi connectivity index (χ1) is 8.65. The summed E-state index contributed by atoms with van der Waals surface area (Å²) in [6, 6.07) is 0.599. The first kappa shape index (κ1) is 13.0. The van der Waals surface area contributed by atoms with Crippen LogP contribution in [0.3, 0.4) is 0 Å². The fourth-order valence-corrected chi connectivity index (χ4v) is 3.13. The summed E-state index contributed by atoms with van der Waals surface area (Å²) in [6.07, 6.45) is 2.49. The highest BCUT2D eigenvalue weighted by molar-refractivity contribution is 14.1. The Morgan fingerprint density at radius 3 is 3.06 bits per heavy atom. The minimum Gasteiger partial charge on any atom is -0.367 e. The van der Waals surface area contributed by atoms with Gasteiger partial charge in [0.15, 0.2) is 5.82 Å². The lowest BCUT2D eigenvalue weighted by Gasteiger charge is -2.34. The normalized spacial score (nSPS) is 28.4. The molecule has 1 aromatic rings. The smallest absolute Gasteiger partial charge is 0.160 e. The molecule has 0 amide bonds. The van der Waals surface area contributed by atoms with Gasteiger partial charge in [-0.15, -0.1) is 0 Å². The third-order valence-electron chi connectivity index (χ3n) is 3.67. The van der Waals surface area contributed by atoms with E-state index in [4.69, 9.17) is 16.3 Å². The number of aryl methyl sites for hydroxylation is 1. The second-order valence-corrected chi connectivity index (χ2v) is 6.32. The molecule has 0 N–H and O–H groups in total. The Labute approximate surface area is 125 Å². The van der Waals surface area contributed by atoms with Gasteiger partial charge in [0.25, 0.3) is 0 Å². The van der Waals surface area contributed by atoms with E-state index in [0.717, 1.165) is 28.2 Å². The molecule has 0 bridgehead atoms. The molecule has 2 atom stereocenters. The van der Waals surface area contributed by atoms with Crippen molar-refractivity contribution < 1.29 is 4.74 Å². The van der Waals surface area contributed by atoms with Crippen molar-refractivity contribution in [2.24, 2.45) is 0 Å². The average molecular weight is 380 g/mol. The van der Waals surface area contributed by atoms with E-state index < -0.39 is 0 Å². The number of nitrogens with zero attached hydrogens (tertiary/aromatic N) is 3. The van der Waals surface area contributed by atoms with Crippen molar-refractivity contribution in [2.45, 2.75) is 31.9 Å². The van der Waals surface area contributed by atoms with Crippen LogP contribution in [0, 0.1) is 10.5 Å². The Morgan fingerprint density at radius 2 is 2.28 bits per heavy atom. The Kier molecular flexibility index (Phi) is 3.75. The van der Waals surface area contributed by atoms with Crippen LogP contribution in [0.4, 0.5) is 0 Å². The molecule has 2 fully saturated rings. The zero-order valence-corrected chi connectivity index (χ0v) is 13.1. The monoisotopic (exact) mass is 379 g/mol. The maximum absolute atomic E-state index is 6.12. The minimum atomic E-state index is -0.0347. The van der Waals surface area contributed by atoms with Gasteiger partial charge in [-0.25, -0.2) is 9.97 Å². The number of hydrogen-bond acceptors (Lipinski definition) is 4. The maximum Gasteiger partial charge on any atom is 0.160 e. The molecule has 2 aliphatic heterocycles. The lowest BCUT2D eigenvalue weighted by atomic mass is 10.2. The van der Waals surface area contributed by atoms with Gasteiger partial charge in [0.2, 0.25) is 0 Å². The molecule has 2 saturated heterocycles. The molecule has 98 valence electrons. The summed E-state index contributed by atoms with van der Waals surface area (Å²) in [7, 11) is 0. The molecule has 3 rings (SSSR count). The molecular weight excluding hydrogens is 365 g/mol. The number of halogens is 2. The van der Waals surface area contributed by atoms with Gasteiger partial charge >= 0.3 is 0 Å². The standard InChI is InChI=1S/C12H15ClIN3O/c1-7-10(14)11(13)16-12(15-7)9-5-17-4-2-3-8(17)6-18-9/h8-9H,2-6H2,1H3. The van der Waals surface area contributed by atoms with Crippen molar-refractivity contribution in [3.63, 3.8) is 0 Å². The largest absolute Gasteiger partial charge is 0.367 e. The van der Waals surface area contributed by atoms with Gasteiger partial charge in [-0.2, -0.15) is 0 Å². The van der Waals surface area contributed by atoms with Crippen molar-refractivity contribution in [3.05, 3.63) is 20.2 Å². The summed E-state index contributed by atoms with van der Waals surface area (Å²) in [5.41, 5.74) is 0.928. The lowest BCUT2D eigenvalue weighted by Crippen LogP contribution is -2.42. The fourth-order valence-electron chi connectivity index (χ4n) is 2.66. The first-order valence-corrected chi connectivity index (χ1v) is 7.66. The highest BCUT2D eigenvalue weighted by Crippen LogP contribution is 2.30. The molecule has 6 heteroatoms. The van der Waals surface area contributed by atoms with Gasteiger partial charge in [0.05, 0.1) is 15.9 Å². The maximum atomic E-state index is 6.12. The predicted molar refractivity (Wildman–Crippen MR) is 77.8 cm³/mol. The first-order valence-electron chi connectivity index (χ1n) is 6.20. The SMILES string of the molecule is Cc1nc(C2CN3CCCC3CO2)nc(Cl)c1I. The van der Waals surface area contributed by atoms with Crippen LogP contribution in [-0.4, -0.2) is 40.6 Å². The van der Waals surface area contributed by atoms with Crippen LogP contribution < -0.4 is 0 Å². The van der Waals surface area contributed by atoms with E-state index in [0.29, 0.717) is 11.2 Å². The molecule has 3 heterocycles. The number of ether oxygens (including phenoxy) is 1. The van der Waals surface area contributed by atoms with Crippen molar-refractivity contribution in [3.8, 4) is 0 Å². The van der Waals surface area contributed by atoms with Crippen LogP contribution in [0.1, 0.15) is 30.5 Å². The van der Waals surface area contributed by atoms with E-state index in [1.54, 1.807) is 0 Å². The van der Waals surface area contributed by atoms with Crippen LogP contribution in [0.25, 0.3) is 0 Å². The van der Waals surface area contributed by atoms with E-state index in [9.17, 15) is 0 Å². The van der Waals surface area contributed by atoms with Crippen LogP contribution in [-0.2, 0) is 4.74 Å². The molecule has 0 aromatic carbocycles. The molecular formula is C12H15ClIN3O. The number of aromatic nitrogens is 2. The van der Waals surface area contributed by atoms with Crippen LogP contribution in [0.5, 0.6) is 0 Å². The summed E-state index contributed by atoms with van der Waals surface area (Å²) in [6.45, 7) is 4.81. The van der Waals surface area contributed by atoms with Crippen LogP contribution in [0.2, 0.25) is 5.15 Å². The second kappa shape index (κ2) is 5.19. The van der Waals surface area contributed by atoms with E-state index in [2.05, 4.69) is 37.5 Å². The fraction of sp³-hybridized carbons (Fsp3) is 0.667. The Bertz CT molecular complexity index is 448. The Hall–Kier alpha value is 0.0200. The average Bonchev–Trinajstić information content (AvgIpc) is 2.82. The molecule has 18 heavy (non-hydrogen) atoms. The zero-order valence-electron chi connectivity index (χ0n) is 10.2. The summed E-state index contributed by atoms with van der Waals surface area (Å²) in [5, 5.41) is 0.533. The van der Waals surface area contributed by atoms with E-state index in [1.807, 2.05) is 6.92 Å². The van der Waals surface area contributed by atoms with Gasteiger partial charge in [0, 0.05) is 12.6 Å². The zero-order chi connectivity index (χ0) is 12.7. The van der Waals surface area contributed by atoms with Crippen LogP contribution >= 0.6 is 34.2 Å². The highest BCUT2D eigenvalue weighted by Gasteiger charge is 2.34. The summed E-state index contributed by atoms with van der Waals surface area (Å²) in [5.74, 6) is 0.725. The van der Waals surface area contributed by atoms with Crippen molar-refractivity contribution in [1.29, 1.82) is 0 Å². The van der Waals surface area contributed by atoms with Crippen LogP contribution in [0.15, 0.2) is 0 Å². The number of rotatable bonds is 1. The number of fused-ring (bicyclic) bond motifs is 1. The van der Waals surface area contributed by atoms with E-state index in [-0.39, 0.29) is 6.10 Å². The Morgan fingerprint density at radius 1 is 1.44 bits per heavy atom. The molecule has 4 nitrogen and oxygen atoms in total. The summed E-state index contributed by atoms with van der Waals surface area (Å²) >= 11 is 8.29. The molecule has 1 aromatic heterocycles. The van der Waals surface area contributed by atoms with Crippen molar-refractivity contribution in [1.82, 2.24) is 14.9 Å².